The number of anilines is 1. The minimum absolute atomic E-state index is 0.0218. The lowest BCUT2D eigenvalue weighted by Crippen LogP contribution is -2.12. The van der Waals surface area contributed by atoms with Crippen molar-refractivity contribution in [2.45, 2.75) is 11.4 Å². The summed E-state index contributed by atoms with van der Waals surface area (Å²) in [6, 6.07) is 0. The topological polar surface area (TPSA) is 127 Å². The number of aliphatic hydroxyl groups is 1. The molecule has 0 aliphatic heterocycles. The zero-order chi connectivity index (χ0) is 12.0. The van der Waals surface area contributed by atoms with Gasteiger partial charge in [0.25, 0.3) is 0 Å². The third kappa shape index (κ3) is 3.02. The second-order valence-electron chi connectivity index (χ2n) is 2.70. The van der Waals surface area contributed by atoms with Gasteiger partial charge in [0.1, 0.15) is 6.33 Å². The lowest BCUT2D eigenvalue weighted by atomic mass is 10.5. The van der Waals surface area contributed by atoms with Crippen LogP contribution in [0.3, 0.4) is 0 Å². The fraction of sp³-hybridized carbons (Fsp3) is 0.429. The van der Waals surface area contributed by atoms with Crippen molar-refractivity contribution in [1.29, 1.82) is 0 Å². The Kier molecular flexibility index (Phi) is 4.89. The van der Waals surface area contributed by atoms with E-state index in [9.17, 15) is 10.1 Å². The third-order valence-electron chi connectivity index (χ3n) is 1.65. The number of nitro groups is 1. The zero-order valence-corrected chi connectivity index (χ0v) is 9.11. The van der Waals surface area contributed by atoms with Crippen molar-refractivity contribution >= 4 is 23.3 Å². The second-order valence-corrected chi connectivity index (χ2v) is 3.79. The Morgan fingerprint density at radius 1 is 1.62 bits per heavy atom. The molecule has 88 valence electrons. The molecule has 1 aromatic heterocycles. The van der Waals surface area contributed by atoms with Gasteiger partial charge in [0.2, 0.25) is 5.82 Å². The van der Waals surface area contributed by atoms with Crippen LogP contribution in [-0.2, 0) is 0 Å². The molecule has 0 saturated carbocycles. The fourth-order valence-corrected chi connectivity index (χ4v) is 1.87. The van der Waals surface area contributed by atoms with Crippen LogP contribution in [0, 0.1) is 10.1 Å². The maximum atomic E-state index is 10.8. The second kappa shape index (κ2) is 6.20. The summed E-state index contributed by atoms with van der Waals surface area (Å²) >= 11 is 1.18. The van der Waals surface area contributed by atoms with E-state index in [0.717, 1.165) is 0 Å². The number of nitrogen functional groups attached to an aromatic ring is 1. The van der Waals surface area contributed by atoms with E-state index in [1.807, 2.05) is 0 Å². The van der Waals surface area contributed by atoms with Crippen molar-refractivity contribution in [2.75, 3.05) is 17.8 Å². The number of nitrogens with one attached hydrogen (secondary N) is 1. The van der Waals surface area contributed by atoms with E-state index in [1.165, 1.54) is 18.1 Å². The predicted molar refractivity (Wildman–Crippen MR) is 58.9 cm³/mol. The summed E-state index contributed by atoms with van der Waals surface area (Å²) in [4.78, 5) is 17.7. The van der Waals surface area contributed by atoms with Crippen LogP contribution in [0.1, 0.15) is 6.42 Å². The van der Waals surface area contributed by atoms with E-state index in [4.69, 9.17) is 10.9 Å². The number of hydrazine groups is 1. The number of hydrogen-bond donors (Lipinski definition) is 3. The summed E-state index contributed by atoms with van der Waals surface area (Å²) in [5, 5.41) is 19.7. The van der Waals surface area contributed by atoms with Gasteiger partial charge in [0.05, 0.1) is 4.92 Å². The van der Waals surface area contributed by atoms with E-state index in [2.05, 4.69) is 15.4 Å². The van der Waals surface area contributed by atoms with Crippen molar-refractivity contribution in [3.63, 3.8) is 0 Å². The van der Waals surface area contributed by atoms with Gasteiger partial charge in [-0.05, 0) is 6.42 Å². The van der Waals surface area contributed by atoms with Crippen molar-refractivity contribution in [3.8, 4) is 0 Å². The standard InChI is InChI=1S/C7H11N5O3S/c8-11-6-5(12(14)15)7(10-4-9-6)16-3-1-2-13/h4,13H,1-3,8H2,(H,9,10,11). The van der Waals surface area contributed by atoms with Crippen LogP contribution in [-0.4, -0.2) is 32.4 Å². The average Bonchev–Trinajstić information content (AvgIpc) is 2.28. The first kappa shape index (κ1) is 12.6. The molecule has 0 amide bonds. The molecule has 0 atom stereocenters. The van der Waals surface area contributed by atoms with E-state index < -0.39 is 4.92 Å². The molecule has 0 unspecified atom stereocenters. The number of nitrogens with zero attached hydrogens (tertiary/aromatic N) is 3. The number of thioether (sulfide) groups is 1. The molecule has 0 saturated heterocycles. The molecule has 1 rings (SSSR count). The van der Waals surface area contributed by atoms with Crippen molar-refractivity contribution < 1.29 is 10.0 Å². The van der Waals surface area contributed by atoms with E-state index in [1.54, 1.807) is 0 Å². The fourth-order valence-electron chi connectivity index (χ4n) is 0.972. The Bertz CT molecular complexity index is 375. The van der Waals surface area contributed by atoms with Crippen LogP contribution in [0.25, 0.3) is 0 Å². The van der Waals surface area contributed by atoms with Crippen LogP contribution in [0.5, 0.6) is 0 Å². The molecule has 0 spiro atoms. The van der Waals surface area contributed by atoms with Crippen LogP contribution < -0.4 is 11.3 Å². The molecule has 8 nitrogen and oxygen atoms in total. The molecule has 0 fully saturated rings. The Labute approximate surface area is 95.4 Å². The summed E-state index contributed by atoms with van der Waals surface area (Å²) in [5.41, 5.74) is 1.91. The number of hydrogen-bond acceptors (Lipinski definition) is 8. The van der Waals surface area contributed by atoms with Crippen LogP contribution >= 0.6 is 11.8 Å². The number of aliphatic hydroxyl groups excluding tert-OH is 1. The molecule has 0 aliphatic carbocycles. The minimum Gasteiger partial charge on any atom is -0.396 e. The first-order chi connectivity index (χ1) is 7.70. The molecule has 16 heavy (non-hydrogen) atoms. The summed E-state index contributed by atoms with van der Waals surface area (Å²) in [5.74, 6) is 5.64. The third-order valence-corrected chi connectivity index (χ3v) is 2.71. The van der Waals surface area contributed by atoms with E-state index in [-0.39, 0.29) is 23.1 Å². The van der Waals surface area contributed by atoms with Crippen LogP contribution in [0.4, 0.5) is 11.5 Å². The Morgan fingerprint density at radius 3 is 2.94 bits per heavy atom. The van der Waals surface area contributed by atoms with Gasteiger partial charge in [0.15, 0.2) is 5.03 Å². The van der Waals surface area contributed by atoms with Crippen molar-refractivity contribution in [1.82, 2.24) is 9.97 Å². The summed E-state index contributed by atoms with van der Waals surface area (Å²) < 4.78 is 0. The van der Waals surface area contributed by atoms with Gasteiger partial charge >= 0.3 is 5.69 Å². The van der Waals surface area contributed by atoms with Crippen LogP contribution in [0.2, 0.25) is 0 Å². The first-order valence-corrected chi connectivity index (χ1v) is 5.39. The number of nitrogens with two attached hydrogens (primary N) is 1. The Balaban J connectivity index is 2.93. The smallest absolute Gasteiger partial charge is 0.344 e. The summed E-state index contributed by atoms with van der Waals surface area (Å²) in [6.45, 7) is 0.0356. The molecule has 0 radical (unpaired) electrons. The van der Waals surface area contributed by atoms with Crippen molar-refractivity contribution in [3.05, 3.63) is 16.4 Å². The molecule has 0 aliphatic rings. The predicted octanol–water partition coefficient (Wildman–Crippen LogP) is 0.145. The lowest BCUT2D eigenvalue weighted by Gasteiger charge is -2.04. The molecule has 1 aromatic rings. The molecule has 1 heterocycles. The Hall–Kier alpha value is -1.45. The summed E-state index contributed by atoms with van der Waals surface area (Å²) in [7, 11) is 0. The van der Waals surface area contributed by atoms with Gasteiger partial charge in [0, 0.05) is 12.4 Å². The van der Waals surface area contributed by atoms with E-state index >= 15 is 0 Å². The molecular formula is C7H11N5O3S. The zero-order valence-electron chi connectivity index (χ0n) is 8.29. The highest BCUT2D eigenvalue weighted by Gasteiger charge is 2.22. The normalized spacial score (nSPS) is 10.1. The minimum atomic E-state index is -0.587. The molecule has 9 heteroatoms. The highest BCUT2D eigenvalue weighted by Crippen LogP contribution is 2.31. The number of rotatable bonds is 6. The monoisotopic (exact) mass is 245 g/mol. The largest absolute Gasteiger partial charge is 0.396 e. The Morgan fingerprint density at radius 2 is 2.38 bits per heavy atom. The van der Waals surface area contributed by atoms with Gasteiger partial charge in [-0.15, -0.1) is 0 Å². The van der Waals surface area contributed by atoms with E-state index in [0.29, 0.717) is 12.2 Å². The molecular weight excluding hydrogens is 234 g/mol. The SMILES string of the molecule is NNc1ncnc(SCCCO)c1[N+](=O)[O-]. The van der Waals surface area contributed by atoms with Gasteiger partial charge in [-0.25, -0.2) is 15.8 Å². The lowest BCUT2D eigenvalue weighted by molar-refractivity contribution is -0.387. The number of aromatic nitrogens is 2. The molecule has 0 bridgehead atoms. The van der Waals surface area contributed by atoms with Gasteiger partial charge in [-0.2, -0.15) is 0 Å². The maximum Gasteiger partial charge on any atom is 0.344 e. The highest BCUT2D eigenvalue weighted by atomic mass is 32.2. The molecule has 4 N–H and O–H groups in total. The van der Waals surface area contributed by atoms with Gasteiger partial charge < -0.3 is 10.5 Å². The molecule has 0 aromatic carbocycles. The van der Waals surface area contributed by atoms with Crippen molar-refractivity contribution in [2.24, 2.45) is 5.84 Å². The highest BCUT2D eigenvalue weighted by molar-refractivity contribution is 7.99. The quantitative estimate of drug-likeness (QED) is 0.161. The first-order valence-electron chi connectivity index (χ1n) is 4.40. The average molecular weight is 245 g/mol. The van der Waals surface area contributed by atoms with Gasteiger partial charge in [-0.1, -0.05) is 11.8 Å². The van der Waals surface area contributed by atoms with Gasteiger partial charge in [-0.3, -0.25) is 10.1 Å². The summed E-state index contributed by atoms with van der Waals surface area (Å²) in [6.07, 6.45) is 1.74. The van der Waals surface area contributed by atoms with Crippen LogP contribution in [0.15, 0.2) is 11.4 Å². The maximum absolute atomic E-state index is 10.8.